The molecule has 7 nitrogen and oxygen atoms in total. The summed E-state index contributed by atoms with van der Waals surface area (Å²) >= 11 is 1.67. The molecule has 9 heteroatoms. The minimum Gasteiger partial charge on any atom is -0.360 e. The molecule has 3 heterocycles. The second kappa shape index (κ2) is 9.62. The highest BCUT2D eigenvalue weighted by Crippen LogP contribution is 2.32. The van der Waals surface area contributed by atoms with Gasteiger partial charge in [0.05, 0.1) is 6.04 Å². The second-order valence-corrected chi connectivity index (χ2v) is 10.8. The molecular weight excluding hydrogens is 422 g/mol. The molecule has 1 fully saturated rings. The maximum atomic E-state index is 13.0. The quantitative estimate of drug-likeness (QED) is 0.651. The van der Waals surface area contributed by atoms with E-state index in [1.54, 1.807) is 25.2 Å². The lowest BCUT2D eigenvalue weighted by atomic mass is 9.91. The van der Waals surface area contributed by atoms with Crippen molar-refractivity contribution in [2.45, 2.75) is 64.3 Å². The maximum absolute atomic E-state index is 13.0. The normalized spacial score (nSPS) is 17.4. The minimum atomic E-state index is -3.66. The number of hydrogen-bond acceptors (Lipinski definition) is 6. The van der Waals surface area contributed by atoms with Crippen LogP contribution in [0.3, 0.4) is 0 Å². The van der Waals surface area contributed by atoms with Gasteiger partial charge in [-0.25, -0.2) is 8.42 Å². The van der Waals surface area contributed by atoms with Crippen LogP contribution in [0.15, 0.2) is 26.9 Å². The van der Waals surface area contributed by atoms with E-state index in [2.05, 4.69) is 30.4 Å². The summed E-state index contributed by atoms with van der Waals surface area (Å²) in [5.41, 5.74) is 0.372. The lowest BCUT2D eigenvalue weighted by Gasteiger charge is -2.32. The van der Waals surface area contributed by atoms with Gasteiger partial charge in [0, 0.05) is 23.9 Å². The third kappa shape index (κ3) is 4.63. The molecule has 1 amide bonds. The molecule has 0 bridgehead atoms. The fraction of sp³-hybridized carbons (Fsp3) is 0.619. The van der Waals surface area contributed by atoms with E-state index in [-0.39, 0.29) is 22.8 Å². The third-order valence-electron chi connectivity index (χ3n) is 6.06. The lowest BCUT2D eigenvalue weighted by molar-refractivity contribution is -0.127. The molecule has 0 aromatic carbocycles. The van der Waals surface area contributed by atoms with E-state index >= 15 is 0 Å². The number of piperidine rings is 1. The predicted octanol–water partition coefficient (Wildman–Crippen LogP) is 4.05. The molecule has 1 aliphatic heterocycles. The smallest absolute Gasteiger partial charge is 0.248 e. The Bertz CT molecular complexity index is 922. The summed E-state index contributed by atoms with van der Waals surface area (Å²) in [6.07, 6.45) is 3.00. The molecule has 0 aliphatic carbocycles. The number of amides is 1. The van der Waals surface area contributed by atoms with Crippen molar-refractivity contribution in [3.05, 3.63) is 33.8 Å². The molecule has 1 aliphatic rings. The highest BCUT2D eigenvalue weighted by atomic mass is 32.2. The summed E-state index contributed by atoms with van der Waals surface area (Å²) < 4.78 is 32.5. The zero-order valence-electron chi connectivity index (χ0n) is 18.1. The van der Waals surface area contributed by atoms with Crippen LogP contribution < -0.4 is 5.32 Å². The monoisotopic (exact) mass is 453 g/mol. The van der Waals surface area contributed by atoms with Crippen LogP contribution >= 0.6 is 11.3 Å². The number of carbonyl (C=O) groups excluding carboxylic acids is 1. The summed E-state index contributed by atoms with van der Waals surface area (Å²) in [7, 11) is -3.66. The number of thiophene rings is 1. The zero-order chi connectivity index (χ0) is 21.9. The van der Waals surface area contributed by atoms with Crippen molar-refractivity contribution in [1.82, 2.24) is 14.8 Å². The highest BCUT2D eigenvalue weighted by molar-refractivity contribution is 7.89. The summed E-state index contributed by atoms with van der Waals surface area (Å²) in [6, 6.07) is 4.10. The van der Waals surface area contributed by atoms with Crippen LogP contribution in [-0.2, 0) is 14.8 Å². The lowest BCUT2D eigenvalue weighted by Crippen LogP contribution is -2.44. The number of aromatic nitrogens is 1. The van der Waals surface area contributed by atoms with Crippen LogP contribution in [0.4, 0.5) is 0 Å². The van der Waals surface area contributed by atoms with Gasteiger partial charge in [-0.1, -0.05) is 37.9 Å². The van der Waals surface area contributed by atoms with Crippen LogP contribution in [0.25, 0.3) is 0 Å². The number of aryl methyl sites for hydroxylation is 2. The Morgan fingerprint density at radius 2 is 1.97 bits per heavy atom. The molecule has 1 unspecified atom stereocenters. The van der Waals surface area contributed by atoms with Gasteiger partial charge in [0.25, 0.3) is 0 Å². The summed E-state index contributed by atoms with van der Waals surface area (Å²) in [4.78, 5) is 14.4. The van der Waals surface area contributed by atoms with Gasteiger partial charge in [-0.05, 0) is 44.1 Å². The van der Waals surface area contributed by atoms with Crippen LogP contribution in [-0.4, -0.2) is 36.9 Å². The largest absolute Gasteiger partial charge is 0.360 e. The van der Waals surface area contributed by atoms with Crippen molar-refractivity contribution in [2.75, 3.05) is 13.1 Å². The molecule has 166 valence electrons. The average Bonchev–Trinajstić information content (AvgIpc) is 3.38. The zero-order valence-corrected chi connectivity index (χ0v) is 19.7. The van der Waals surface area contributed by atoms with Gasteiger partial charge in [0.1, 0.15) is 10.6 Å². The van der Waals surface area contributed by atoms with E-state index in [1.807, 2.05) is 11.4 Å². The van der Waals surface area contributed by atoms with Gasteiger partial charge in [-0.3, -0.25) is 4.79 Å². The van der Waals surface area contributed by atoms with E-state index < -0.39 is 10.0 Å². The molecule has 2 aromatic heterocycles. The van der Waals surface area contributed by atoms with Gasteiger partial charge < -0.3 is 9.84 Å². The molecule has 1 atom stereocenters. The Morgan fingerprint density at radius 1 is 1.30 bits per heavy atom. The second-order valence-electron chi connectivity index (χ2n) is 7.91. The first kappa shape index (κ1) is 23.0. The molecular formula is C21H31N3O4S2. The van der Waals surface area contributed by atoms with Crippen molar-refractivity contribution in [1.29, 1.82) is 0 Å². The van der Waals surface area contributed by atoms with E-state index in [4.69, 9.17) is 4.52 Å². The molecule has 1 saturated heterocycles. The van der Waals surface area contributed by atoms with Crippen LogP contribution in [0.1, 0.15) is 61.9 Å². The van der Waals surface area contributed by atoms with Gasteiger partial charge in [-0.2, -0.15) is 4.31 Å². The van der Waals surface area contributed by atoms with Crippen molar-refractivity contribution in [3.8, 4) is 0 Å². The average molecular weight is 454 g/mol. The summed E-state index contributed by atoms with van der Waals surface area (Å²) in [5.74, 6) is 0.525. The standard InChI is InChI=1S/C21H31N3O4S2/c1-5-16(6-2)19(18-8-7-13-29-18)22-21(25)17-9-11-24(12-10-17)30(26,27)20-14(3)23-28-15(20)4/h7-8,13,16-17,19H,5-6,9-12H2,1-4H3,(H,22,25). The Balaban J connectivity index is 1.66. The number of rotatable bonds is 8. The maximum Gasteiger partial charge on any atom is 0.248 e. The highest BCUT2D eigenvalue weighted by Gasteiger charge is 2.36. The SMILES string of the molecule is CCC(CC)C(NC(=O)C1CCN(S(=O)(=O)c2c(C)noc2C)CC1)c1cccs1. The van der Waals surface area contributed by atoms with Gasteiger partial charge in [-0.15, -0.1) is 11.3 Å². The molecule has 1 N–H and O–H groups in total. The first-order chi connectivity index (χ1) is 14.3. The van der Waals surface area contributed by atoms with E-state index in [9.17, 15) is 13.2 Å². The van der Waals surface area contributed by atoms with Crippen LogP contribution in [0.2, 0.25) is 0 Å². The predicted molar refractivity (Wildman–Crippen MR) is 117 cm³/mol. The number of hydrogen-bond donors (Lipinski definition) is 1. The fourth-order valence-corrected chi connectivity index (χ4v) is 6.88. The van der Waals surface area contributed by atoms with Gasteiger partial charge in [0.2, 0.25) is 15.9 Å². The minimum absolute atomic E-state index is 0.0107. The Kier molecular flexibility index (Phi) is 7.36. The molecule has 0 saturated carbocycles. The topological polar surface area (TPSA) is 92.5 Å². The van der Waals surface area contributed by atoms with E-state index in [1.165, 1.54) is 9.18 Å². The number of sulfonamides is 1. The molecule has 30 heavy (non-hydrogen) atoms. The summed E-state index contributed by atoms with van der Waals surface area (Å²) in [6.45, 7) is 8.18. The Morgan fingerprint density at radius 3 is 2.47 bits per heavy atom. The van der Waals surface area contributed by atoms with Crippen molar-refractivity contribution in [2.24, 2.45) is 11.8 Å². The molecule has 2 aromatic rings. The number of nitrogens with zero attached hydrogens (tertiary/aromatic N) is 2. The third-order valence-corrected chi connectivity index (χ3v) is 9.16. The summed E-state index contributed by atoms with van der Waals surface area (Å²) in [5, 5.41) is 9.07. The van der Waals surface area contributed by atoms with Gasteiger partial charge in [0.15, 0.2) is 5.76 Å². The fourth-order valence-electron chi connectivity index (χ4n) is 4.25. The van der Waals surface area contributed by atoms with Crippen molar-refractivity contribution in [3.63, 3.8) is 0 Å². The number of carbonyl (C=O) groups is 1. The first-order valence-electron chi connectivity index (χ1n) is 10.6. The van der Waals surface area contributed by atoms with Crippen molar-refractivity contribution >= 4 is 27.3 Å². The first-order valence-corrected chi connectivity index (χ1v) is 12.9. The van der Waals surface area contributed by atoms with E-state index in [0.717, 1.165) is 12.8 Å². The Labute approximate surface area is 182 Å². The van der Waals surface area contributed by atoms with Crippen molar-refractivity contribution < 1.29 is 17.7 Å². The van der Waals surface area contributed by atoms with Crippen LogP contribution in [0, 0.1) is 25.7 Å². The molecule has 0 spiro atoms. The van der Waals surface area contributed by atoms with Crippen LogP contribution in [0.5, 0.6) is 0 Å². The van der Waals surface area contributed by atoms with E-state index in [0.29, 0.717) is 43.3 Å². The molecule has 0 radical (unpaired) electrons. The Hall–Kier alpha value is -1.71. The van der Waals surface area contributed by atoms with Gasteiger partial charge >= 0.3 is 0 Å². The number of nitrogens with one attached hydrogen (secondary N) is 1. The molecule has 3 rings (SSSR count).